The summed E-state index contributed by atoms with van der Waals surface area (Å²) in [6.45, 7) is 11.8. The number of unbranched alkanes of at least 4 members (excludes halogenated alkanes) is 36. The number of esters is 4. The fraction of sp³-hybridized carbons (Fsp3) is 0.893. The number of aliphatic hydroxyl groups is 1. The smallest absolute Gasteiger partial charge is 0.462 e. The third-order valence-corrected chi connectivity index (χ3v) is 18.7. The Hall–Kier alpha value is -2.46. The molecule has 5 atom stereocenters. The average molecular weight is 1380 g/mol. The van der Waals surface area contributed by atoms with Crippen LogP contribution >= 0.6 is 15.6 Å². The van der Waals surface area contributed by atoms with Crippen LogP contribution in [-0.4, -0.2) is 96.7 Å². The summed E-state index contributed by atoms with van der Waals surface area (Å²) in [6, 6.07) is 0. The molecule has 0 aliphatic heterocycles. The first-order valence-electron chi connectivity index (χ1n) is 38.2. The summed E-state index contributed by atoms with van der Waals surface area (Å²) in [5, 5.41) is 10.6. The summed E-state index contributed by atoms with van der Waals surface area (Å²) in [5.74, 6) is 0.0761. The number of carbonyl (C=O) groups is 4. The first-order valence-corrected chi connectivity index (χ1v) is 41.2. The highest BCUT2D eigenvalue weighted by Gasteiger charge is 2.30. The maximum Gasteiger partial charge on any atom is 0.472 e. The molecule has 0 saturated carbocycles. The Bertz CT molecular complexity index is 1930. The van der Waals surface area contributed by atoms with Gasteiger partial charge >= 0.3 is 39.5 Å². The Morgan fingerprint density at radius 2 is 0.574 bits per heavy atom. The number of carbonyl (C=O) groups excluding carboxylic acids is 4. The first kappa shape index (κ1) is 91.5. The van der Waals surface area contributed by atoms with Gasteiger partial charge in [-0.3, -0.25) is 37.3 Å². The van der Waals surface area contributed by atoms with Gasteiger partial charge in [0, 0.05) is 25.7 Å². The SMILES string of the molecule is CCCCCC/C=C\C=C/CCCCCCCC(=O)O[C@H](COC(=O)CCCCCCCCCCC(C)C)COP(=O)(O)OCC(O)COP(=O)(O)OC[C@@H](COC(=O)CCCCCCCCCC(C)C)OC(=O)CCCCCCCCCCCCCCCCCC(C)C. The maximum absolute atomic E-state index is 13.0. The predicted octanol–water partition coefficient (Wildman–Crippen LogP) is 21.3. The highest BCUT2D eigenvalue weighted by atomic mass is 31.2. The fourth-order valence-corrected chi connectivity index (χ4v) is 12.5. The van der Waals surface area contributed by atoms with E-state index in [1.165, 1.54) is 141 Å². The van der Waals surface area contributed by atoms with Crippen molar-refractivity contribution in [3.8, 4) is 0 Å². The number of allylic oxidation sites excluding steroid dienone is 4. The summed E-state index contributed by atoms with van der Waals surface area (Å²) in [4.78, 5) is 72.7. The van der Waals surface area contributed by atoms with E-state index in [4.69, 9.17) is 37.0 Å². The Kier molecular flexibility index (Phi) is 63.5. The Morgan fingerprint density at radius 1 is 0.330 bits per heavy atom. The second kappa shape index (κ2) is 65.2. The summed E-state index contributed by atoms with van der Waals surface area (Å²) >= 11 is 0. The van der Waals surface area contributed by atoms with Gasteiger partial charge in [-0.05, 0) is 69.1 Å². The molecule has 3 unspecified atom stereocenters. The van der Waals surface area contributed by atoms with Crippen LogP contribution in [0.15, 0.2) is 24.3 Å². The molecule has 17 nitrogen and oxygen atoms in total. The lowest BCUT2D eigenvalue weighted by molar-refractivity contribution is -0.161. The molecule has 0 amide bonds. The van der Waals surface area contributed by atoms with E-state index in [9.17, 15) is 43.2 Å². The van der Waals surface area contributed by atoms with Gasteiger partial charge in [-0.2, -0.15) is 0 Å². The zero-order valence-corrected chi connectivity index (χ0v) is 62.7. The third kappa shape index (κ3) is 68.1. The molecule has 0 radical (unpaired) electrons. The second-order valence-corrected chi connectivity index (χ2v) is 30.7. The minimum Gasteiger partial charge on any atom is -0.462 e. The number of ether oxygens (including phenoxy) is 4. The number of hydrogen-bond acceptors (Lipinski definition) is 15. The Labute approximate surface area is 573 Å². The van der Waals surface area contributed by atoms with Crippen LogP contribution in [0.5, 0.6) is 0 Å². The van der Waals surface area contributed by atoms with Gasteiger partial charge in [0.2, 0.25) is 0 Å². The predicted molar refractivity (Wildman–Crippen MR) is 381 cm³/mol. The van der Waals surface area contributed by atoms with E-state index >= 15 is 0 Å². The zero-order chi connectivity index (χ0) is 69.4. The van der Waals surface area contributed by atoms with E-state index in [0.29, 0.717) is 31.6 Å². The minimum absolute atomic E-state index is 0.0841. The molecule has 0 bridgehead atoms. The van der Waals surface area contributed by atoms with E-state index in [2.05, 4.69) is 72.8 Å². The highest BCUT2D eigenvalue weighted by Crippen LogP contribution is 2.45. The van der Waals surface area contributed by atoms with Crippen molar-refractivity contribution in [1.29, 1.82) is 0 Å². The lowest BCUT2D eigenvalue weighted by Crippen LogP contribution is -2.30. The van der Waals surface area contributed by atoms with Gasteiger partial charge in [0.1, 0.15) is 19.3 Å². The zero-order valence-electron chi connectivity index (χ0n) is 60.9. The van der Waals surface area contributed by atoms with Gasteiger partial charge in [0.05, 0.1) is 26.4 Å². The molecular weight excluding hydrogens is 1230 g/mol. The molecular formula is C75H142O17P2. The minimum atomic E-state index is -4.96. The van der Waals surface area contributed by atoms with Crippen LogP contribution in [0.2, 0.25) is 0 Å². The molecule has 0 fully saturated rings. The Morgan fingerprint density at radius 3 is 0.862 bits per heavy atom. The lowest BCUT2D eigenvalue weighted by atomic mass is 10.0. The van der Waals surface area contributed by atoms with Crippen LogP contribution in [-0.2, 0) is 65.4 Å². The molecule has 0 rings (SSSR count). The number of aliphatic hydroxyl groups excluding tert-OH is 1. The quantitative estimate of drug-likeness (QED) is 0.0169. The van der Waals surface area contributed by atoms with E-state index in [1.54, 1.807) is 0 Å². The monoisotopic (exact) mass is 1380 g/mol. The van der Waals surface area contributed by atoms with E-state index in [-0.39, 0.29) is 25.7 Å². The molecule has 0 aliphatic rings. The lowest BCUT2D eigenvalue weighted by Gasteiger charge is -2.21. The van der Waals surface area contributed by atoms with Crippen molar-refractivity contribution >= 4 is 39.5 Å². The molecule has 19 heteroatoms. The molecule has 0 aromatic carbocycles. The van der Waals surface area contributed by atoms with Crippen LogP contribution in [0.4, 0.5) is 0 Å². The van der Waals surface area contributed by atoms with E-state index in [0.717, 1.165) is 127 Å². The molecule has 94 heavy (non-hydrogen) atoms. The molecule has 0 saturated heterocycles. The van der Waals surface area contributed by atoms with Crippen molar-refractivity contribution in [3.05, 3.63) is 24.3 Å². The third-order valence-electron chi connectivity index (χ3n) is 16.8. The molecule has 554 valence electrons. The molecule has 0 aromatic heterocycles. The number of rotatable bonds is 71. The van der Waals surface area contributed by atoms with Gasteiger partial charge in [-0.15, -0.1) is 0 Å². The second-order valence-electron chi connectivity index (χ2n) is 27.8. The normalized spacial score (nSPS) is 14.3. The molecule has 3 N–H and O–H groups in total. The van der Waals surface area contributed by atoms with E-state index < -0.39 is 97.5 Å². The van der Waals surface area contributed by atoms with E-state index in [1.807, 2.05) is 0 Å². The number of hydrogen-bond donors (Lipinski definition) is 3. The van der Waals surface area contributed by atoms with Crippen LogP contribution in [0.3, 0.4) is 0 Å². The van der Waals surface area contributed by atoms with Crippen molar-refractivity contribution in [2.45, 2.75) is 375 Å². The first-order chi connectivity index (χ1) is 45.2. The van der Waals surface area contributed by atoms with Crippen molar-refractivity contribution in [2.24, 2.45) is 17.8 Å². The van der Waals surface area contributed by atoms with Crippen molar-refractivity contribution < 1.29 is 80.2 Å². The largest absolute Gasteiger partial charge is 0.472 e. The Balaban J connectivity index is 5.26. The highest BCUT2D eigenvalue weighted by molar-refractivity contribution is 7.47. The van der Waals surface area contributed by atoms with Gasteiger partial charge < -0.3 is 33.8 Å². The van der Waals surface area contributed by atoms with Gasteiger partial charge in [0.25, 0.3) is 0 Å². The molecule has 0 spiro atoms. The van der Waals surface area contributed by atoms with Crippen LogP contribution in [0, 0.1) is 17.8 Å². The summed E-state index contributed by atoms with van der Waals surface area (Å²) in [7, 11) is -9.92. The van der Waals surface area contributed by atoms with Crippen LogP contribution in [0.25, 0.3) is 0 Å². The summed E-state index contributed by atoms with van der Waals surface area (Å²) in [6.07, 6.45) is 53.7. The van der Waals surface area contributed by atoms with Crippen molar-refractivity contribution in [1.82, 2.24) is 0 Å². The molecule has 0 heterocycles. The summed E-state index contributed by atoms with van der Waals surface area (Å²) in [5.41, 5.74) is 0. The maximum atomic E-state index is 13.0. The summed E-state index contributed by atoms with van der Waals surface area (Å²) < 4.78 is 68.4. The van der Waals surface area contributed by atoms with Crippen molar-refractivity contribution in [2.75, 3.05) is 39.6 Å². The van der Waals surface area contributed by atoms with Crippen molar-refractivity contribution in [3.63, 3.8) is 0 Å². The van der Waals surface area contributed by atoms with Crippen LogP contribution in [0.1, 0.15) is 357 Å². The van der Waals surface area contributed by atoms with Gasteiger partial charge in [-0.25, -0.2) is 9.13 Å². The number of phosphoric ester groups is 2. The average Bonchev–Trinajstić information content (AvgIpc) is 1.85. The van der Waals surface area contributed by atoms with Gasteiger partial charge in [-0.1, -0.05) is 304 Å². The number of phosphoric acid groups is 2. The topological polar surface area (TPSA) is 237 Å². The van der Waals surface area contributed by atoms with Crippen LogP contribution < -0.4 is 0 Å². The van der Waals surface area contributed by atoms with Gasteiger partial charge in [0.15, 0.2) is 12.2 Å². The fourth-order valence-electron chi connectivity index (χ4n) is 10.9. The molecule has 0 aliphatic carbocycles. The standard InChI is InChI=1S/C75H142O17P2/c1-8-9-10-11-12-13-14-15-17-21-24-27-36-44-51-58-74(79)91-70(62-85-72(77)56-49-42-35-30-29-33-40-47-54-67(4)5)64-89-93(81,82)87-60-69(76)61-88-94(83,84)90-65-71(63-86-73(78)57-50-43-38-31-34-41-48-55-68(6)7)92-75(80)59-52-45-37-28-25-22-19-16-18-20-23-26-32-39-46-53-66(2)3/h13-15,17,66-71,76H,8-12,16,18-65H2,1-7H3,(H,81,82)(H,83,84)/b14-13-,17-15-/t69?,70-,71-/m1/s1. The molecule has 0 aromatic rings.